The van der Waals surface area contributed by atoms with Crippen LogP contribution in [-0.2, 0) is 20.7 Å². The molecule has 0 radical (unpaired) electrons. The molecule has 1 saturated heterocycles. The number of rotatable bonds is 5. The van der Waals surface area contributed by atoms with Gasteiger partial charge in [0.05, 0.1) is 18.8 Å². The summed E-state index contributed by atoms with van der Waals surface area (Å²) < 4.78 is 17.3. The monoisotopic (exact) mass is 349 g/mol. The number of hydrogen-bond acceptors (Lipinski definition) is 4. The predicted octanol–water partition coefficient (Wildman–Crippen LogP) is 3.69. The first kappa shape index (κ1) is 18.5. The second-order valence-corrected chi connectivity index (χ2v) is 8.31. The van der Waals surface area contributed by atoms with E-state index in [2.05, 4.69) is 25.2 Å². The van der Waals surface area contributed by atoms with Gasteiger partial charge in [0, 0.05) is 18.6 Å². The zero-order chi connectivity index (χ0) is 18.0. The van der Waals surface area contributed by atoms with E-state index in [1.54, 1.807) is 0 Å². The van der Waals surface area contributed by atoms with Crippen LogP contribution in [0.5, 0.6) is 0 Å². The van der Waals surface area contributed by atoms with Crippen LogP contribution in [-0.4, -0.2) is 31.3 Å². The summed E-state index contributed by atoms with van der Waals surface area (Å²) in [7, 11) is 0. The quantitative estimate of drug-likeness (QED) is 0.881. The van der Waals surface area contributed by atoms with E-state index in [9.17, 15) is 4.79 Å². The van der Waals surface area contributed by atoms with Gasteiger partial charge in [-0.2, -0.15) is 0 Å². The van der Waals surface area contributed by atoms with E-state index < -0.39 is 6.10 Å². The summed E-state index contributed by atoms with van der Waals surface area (Å²) in [4.78, 5) is 12.6. The van der Waals surface area contributed by atoms with Gasteiger partial charge in [-0.15, -0.1) is 0 Å². The van der Waals surface area contributed by atoms with Crippen LogP contribution in [0.2, 0.25) is 0 Å². The van der Waals surface area contributed by atoms with Gasteiger partial charge in [-0.05, 0) is 51.0 Å². The number of carbonyl (C=O) groups excluding carboxylic acids is 1. The van der Waals surface area contributed by atoms with Gasteiger partial charge in [0.1, 0.15) is 17.6 Å². The number of furan rings is 1. The van der Waals surface area contributed by atoms with Crippen molar-refractivity contribution in [2.24, 2.45) is 5.41 Å². The van der Waals surface area contributed by atoms with Gasteiger partial charge < -0.3 is 19.2 Å². The molecule has 1 aromatic heterocycles. The molecule has 0 aromatic carbocycles. The Hall–Kier alpha value is -1.33. The van der Waals surface area contributed by atoms with Crippen LogP contribution in [0.15, 0.2) is 10.5 Å². The lowest BCUT2D eigenvalue weighted by molar-refractivity contribution is -0.136. The average Bonchev–Trinajstić information content (AvgIpc) is 2.92. The van der Waals surface area contributed by atoms with E-state index in [-0.39, 0.29) is 23.5 Å². The van der Waals surface area contributed by atoms with Gasteiger partial charge in [-0.25, -0.2) is 0 Å². The third-order valence-corrected chi connectivity index (χ3v) is 5.23. The molecule has 3 atom stereocenters. The van der Waals surface area contributed by atoms with Crippen molar-refractivity contribution in [2.45, 2.75) is 78.0 Å². The molecule has 2 aliphatic rings. The average molecular weight is 349 g/mol. The molecule has 5 nitrogen and oxygen atoms in total. The molecule has 1 aromatic rings. The first-order valence-electron chi connectivity index (χ1n) is 9.47. The zero-order valence-electron chi connectivity index (χ0n) is 15.9. The van der Waals surface area contributed by atoms with Crippen molar-refractivity contribution in [2.75, 3.05) is 13.2 Å². The number of ether oxygens (including phenoxy) is 2. The molecule has 0 unspecified atom stereocenters. The van der Waals surface area contributed by atoms with Crippen molar-refractivity contribution in [1.82, 2.24) is 5.32 Å². The van der Waals surface area contributed by atoms with Crippen LogP contribution in [0.25, 0.3) is 0 Å². The number of nitrogens with one attached hydrogen (secondary N) is 1. The predicted molar refractivity (Wildman–Crippen MR) is 95.4 cm³/mol. The van der Waals surface area contributed by atoms with Gasteiger partial charge >= 0.3 is 0 Å². The maximum Gasteiger partial charge on any atom is 0.249 e. The Morgan fingerprint density at radius 1 is 1.44 bits per heavy atom. The van der Waals surface area contributed by atoms with E-state index in [4.69, 9.17) is 13.9 Å². The lowest BCUT2D eigenvalue weighted by Crippen LogP contribution is -2.41. The minimum absolute atomic E-state index is 0.0133. The minimum atomic E-state index is -0.480. The van der Waals surface area contributed by atoms with Gasteiger partial charge in [0.25, 0.3) is 0 Å². The second kappa shape index (κ2) is 7.50. The summed E-state index contributed by atoms with van der Waals surface area (Å²) in [5, 5.41) is 3.17. The molecule has 0 spiro atoms. The van der Waals surface area contributed by atoms with E-state index >= 15 is 0 Å². The summed E-state index contributed by atoms with van der Waals surface area (Å²) >= 11 is 0. The normalized spacial score (nSPS) is 26.7. The Morgan fingerprint density at radius 3 is 2.96 bits per heavy atom. The summed E-state index contributed by atoms with van der Waals surface area (Å²) in [5.41, 5.74) is 1.22. The maximum atomic E-state index is 12.6. The van der Waals surface area contributed by atoms with Crippen molar-refractivity contribution in [3.05, 3.63) is 23.2 Å². The number of carbonyl (C=O) groups is 1. The maximum absolute atomic E-state index is 12.6. The molecular formula is C20H31NO4. The highest BCUT2D eigenvalue weighted by atomic mass is 16.5. The Bertz CT molecular complexity index is 601. The molecule has 2 heterocycles. The van der Waals surface area contributed by atoms with Crippen molar-refractivity contribution >= 4 is 5.91 Å². The zero-order valence-corrected chi connectivity index (χ0v) is 15.9. The molecule has 1 N–H and O–H groups in total. The van der Waals surface area contributed by atoms with Gasteiger partial charge in [-0.1, -0.05) is 13.8 Å². The molecular weight excluding hydrogens is 318 g/mol. The van der Waals surface area contributed by atoms with Crippen molar-refractivity contribution in [1.29, 1.82) is 0 Å². The fourth-order valence-corrected chi connectivity index (χ4v) is 3.87. The summed E-state index contributed by atoms with van der Waals surface area (Å²) in [5.74, 6) is 1.84. The van der Waals surface area contributed by atoms with Crippen LogP contribution in [0.3, 0.4) is 0 Å². The highest BCUT2D eigenvalue weighted by molar-refractivity contribution is 5.80. The second-order valence-electron chi connectivity index (χ2n) is 8.31. The molecule has 1 aliphatic heterocycles. The van der Waals surface area contributed by atoms with E-state index in [0.29, 0.717) is 6.61 Å². The van der Waals surface area contributed by atoms with E-state index in [0.717, 1.165) is 49.4 Å². The highest BCUT2D eigenvalue weighted by Gasteiger charge is 2.36. The Kier molecular flexibility index (Phi) is 5.54. The third-order valence-electron chi connectivity index (χ3n) is 5.23. The number of fused-ring (bicyclic) bond motifs is 1. The van der Waals surface area contributed by atoms with Gasteiger partial charge in [0.15, 0.2) is 0 Å². The Balaban J connectivity index is 1.57. The van der Waals surface area contributed by atoms with Crippen molar-refractivity contribution < 1.29 is 18.7 Å². The van der Waals surface area contributed by atoms with E-state index in [1.165, 1.54) is 6.42 Å². The number of amides is 1. The van der Waals surface area contributed by atoms with Crippen LogP contribution in [0, 0.1) is 12.3 Å². The van der Waals surface area contributed by atoms with Crippen LogP contribution < -0.4 is 5.32 Å². The van der Waals surface area contributed by atoms with Crippen LogP contribution in [0.4, 0.5) is 0 Å². The number of hydrogen-bond donors (Lipinski definition) is 1. The van der Waals surface area contributed by atoms with Gasteiger partial charge in [0.2, 0.25) is 5.91 Å². The molecule has 0 bridgehead atoms. The molecule has 140 valence electrons. The molecule has 3 rings (SSSR count). The van der Waals surface area contributed by atoms with Crippen molar-refractivity contribution in [3.8, 4) is 0 Å². The van der Waals surface area contributed by atoms with Crippen molar-refractivity contribution in [3.63, 3.8) is 0 Å². The topological polar surface area (TPSA) is 60.7 Å². The number of aryl methyl sites for hydroxylation is 1. The molecule has 1 aliphatic carbocycles. The third kappa shape index (κ3) is 4.64. The van der Waals surface area contributed by atoms with Crippen LogP contribution >= 0.6 is 0 Å². The lowest BCUT2D eigenvalue weighted by Gasteiger charge is -2.35. The first-order chi connectivity index (χ1) is 11.8. The minimum Gasteiger partial charge on any atom is -0.466 e. The molecule has 0 saturated carbocycles. The summed E-state index contributed by atoms with van der Waals surface area (Å²) in [6.07, 6.45) is 4.78. The molecule has 5 heteroatoms. The first-order valence-corrected chi connectivity index (χ1v) is 9.47. The van der Waals surface area contributed by atoms with E-state index in [1.807, 2.05) is 13.8 Å². The van der Waals surface area contributed by atoms with Gasteiger partial charge in [-0.3, -0.25) is 4.79 Å². The largest absolute Gasteiger partial charge is 0.466 e. The Morgan fingerprint density at radius 2 is 2.24 bits per heavy atom. The molecule has 25 heavy (non-hydrogen) atoms. The standard InChI is InChI=1S/C20H31NO4/c1-13-9-16-17(10-20(3,4)11-18(16)25-13)21-19(22)14(2)24-12-15-7-5-6-8-23-15/h9,14-15,17H,5-8,10-12H2,1-4H3,(H,21,22)/t14-,15+,17-/m0/s1. The fraction of sp³-hybridized carbons (Fsp3) is 0.750. The fourth-order valence-electron chi connectivity index (χ4n) is 3.87. The van der Waals surface area contributed by atoms with Crippen LogP contribution in [0.1, 0.15) is 69.6 Å². The summed E-state index contributed by atoms with van der Waals surface area (Å²) in [6, 6.07) is 2.04. The lowest BCUT2D eigenvalue weighted by atomic mass is 9.74. The SMILES string of the molecule is Cc1cc2c(o1)CC(C)(C)C[C@@H]2NC(=O)[C@H](C)OC[C@H]1CCCCO1. The highest BCUT2D eigenvalue weighted by Crippen LogP contribution is 2.42. The Labute approximate surface area is 150 Å². The smallest absolute Gasteiger partial charge is 0.249 e. The molecule has 1 amide bonds. The summed E-state index contributed by atoms with van der Waals surface area (Å²) in [6.45, 7) is 9.49. The molecule has 1 fully saturated rings.